The van der Waals surface area contributed by atoms with E-state index in [-0.39, 0.29) is 5.41 Å². The molecule has 0 aromatic rings. The number of hydrogen-bond donors (Lipinski definition) is 2. The number of aliphatic hydroxyl groups is 1. The fourth-order valence-corrected chi connectivity index (χ4v) is 2.20. The van der Waals surface area contributed by atoms with Gasteiger partial charge in [-0.25, -0.2) is 0 Å². The Morgan fingerprint density at radius 3 is 2.31 bits per heavy atom. The quantitative estimate of drug-likeness (QED) is 0.675. The van der Waals surface area contributed by atoms with E-state index in [2.05, 4.69) is 0 Å². The van der Waals surface area contributed by atoms with Crippen LogP contribution in [-0.2, 0) is 4.74 Å². The van der Waals surface area contributed by atoms with Crippen molar-refractivity contribution in [3.8, 4) is 0 Å². The SMILES string of the molecule is CC(C)(CN)C1(O)CCOC1(C)C. The van der Waals surface area contributed by atoms with Crippen molar-refractivity contribution in [1.29, 1.82) is 0 Å². The van der Waals surface area contributed by atoms with Crippen molar-refractivity contribution in [3.63, 3.8) is 0 Å². The Bertz CT molecular complexity index is 201. The maximum atomic E-state index is 10.5. The Morgan fingerprint density at radius 1 is 1.46 bits per heavy atom. The summed E-state index contributed by atoms with van der Waals surface area (Å²) in [6.45, 7) is 8.92. The van der Waals surface area contributed by atoms with Crippen molar-refractivity contribution < 1.29 is 9.84 Å². The molecule has 1 unspecified atom stereocenters. The molecule has 78 valence electrons. The van der Waals surface area contributed by atoms with Crippen LogP contribution in [0.25, 0.3) is 0 Å². The number of ether oxygens (including phenoxy) is 1. The molecule has 1 aliphatic rings. The maximum Gasteiger partial charge on any atom is 0.101 e. The van der Waals surface area contributed by atoms with Gasteiger partial charge in [0.1, 0.15) is 5.60 Å². The van der Waals surface area contributed by atoms with Crippen LogP contribution in [0.3, 0.4) is 0 Å². The Labute approximate surface area is 80.3 Å². The van der Waals surface area contributed by atoms with Gasteiger partial charge >= 0.3 is 0 Å². The lowest BCUT2D eigenvalue weighted by atomic mass is 9.66. The summed E-state index contributed by atoms with van der Waals surface area (Å²) >= 11 is 0. The fourth-order valence-electron chi connectivity index (χ4n) is 2.20. The van der Waals surface area contributed by atoms with E-state index in [9.17, 15) is 5.11 Å². The number of hydrogen-bond acceptors (Lipinski definition) is 3. The smallest absolute Gasteiger partial charge is 0.101 e. The van der Waals surface area contributed by atoms with Crippen molar-refractivity contribution in [1.82, 2.24) is 0 Å². The van der Waals surface area contributed by atoms with E-state index >= 15 is 0 Å². The first-order valence-electron chi connectivity index (χ1n) is 4.83. The van der Waals surface area contributed by atoms with Crippen LogP contribution in [0, 0.1) is 5.41 Å². The van der Waals surface area contributed by atoms with Gasteiger partial charge in [0.15, 0.2) is 0 Å². The Morgan fingerprint density at radius 2 is 2.00 bits per heavy atom. The summed E-state index contributed by atoms with van der Waals surface area (Å²) in [4.78, 5) is 0. The van der Waals surface area contributed by atoms with Gasteiger partial charge in [-0.1, -0.05) is 13.8 Å². The van der Waals surface area contributed by atoms with Gasteiger partial charge in [-0.05, 0) is 13.8 Å². The highest BCUT2D eigenvalue weighted by Crippen LogP contribution is 2.46. The topological polar surface area (TPSA) is 55.5 Å². The van der Waals surface area contributed by atoms with Crippen LogP contribution in [0.15, 0.2) is 0 Å². The molecule has 1 rings (SSSR count). The molecule has 0 amide bonds. The Balaban J connectivity index is 2.99. The second kappa shape index (κ2) is 2.94. The predicted octanol–water partition coefficient (Wildman–Crippen LogP) is 0.901. The van der Waals surface area contributed by atoms with E-state index in [4.69, 9.17) is 10.5 Å². The summed E-state index contributed by atoms with van der Waals surface area (Å²) in [5, 5.41) is 10.5. The van der Waals surface area contributed by atoms with E-state index in [1.54, 1.807) is 0 Å². The lowest BCUT2D eigenvalue weighted by molar-refractivity contribution is -0.155. The minimum Gasteiger partial charge on any atom is -0.386 e. The van der Waals surface area contributed by atoms with Gasteiger partial charge in [-0.3, -0.25) is 0 Å². The molecule has 1 heterocycles. The summed E-state index contributed by atoms with van der Waals surface area (Å²) in [5.41, 5.74) is 4.08. The Hall–Kier alpha value is -0.120. The van der Waals surface area contributed by atoms with Crippen LogP contribution in [0.2, 0.25) is 0 Å². The summed E-state index contributed by atoms with van der Waals surface area (Å²) in [6, 6.07) is 0. The molecule has 0 aromatic carbocycles. The first-order valence-corrected chi connectivity index (χ1v) is 4.83. The van der Waals surface area contributed by atoms with Gasteiger partial charge in [0.2, 0.25) is 0 Å². The molecular weight excluding hydrogens is 166 g/mol. The third kappa shape index (κ3) is 1.39. The average Bonchev–Trinajstić information content (AvgIpc) is 2.28. The first kappa shape index (κ1) is 11.0. The van der Waals surface area contributed by atoms with E-state index in [0.29, 0.717) is 19.6 Å². The highest BCUT2D eigenvalue weighted by Gasteiger charge is 2.57. The highest BCUT2D eigenvalue weighted by atomic mass is 16.5. The zero-order chi connectivity index (χ0) is 10.3. The molecule has 0 aromatic heterocycles. The molecule has 0 bridgehead atoms. The second-order valence-electron chi connectivity index (χ2n) is 5.06. The monoisotopic (exact) mass is 187 g/mol. The van der Waals surface area contributed by atoms with Crippen molar-refractivity contribution in [2.45, 2.75) is 45.3 Å². The fraction of sp³-hybridized carbons (Fsp3) is 1.00. The average molecular weight is 187 g/mol. The van der Waals surface area contributed by atoms with Crippen LogP contribution in [-0.4, -0.2) is 29.5 Å². The summed E-state index contributed by atoms with van der Waals surface area (Å²) in [5.74, 6) is 0. The summed E-state index contributed by atoms with van der Waals surface area (Å²) < 4.78 is 5.54. The van der Waals surface area contributed by atoms with Crippen LogP contribution in [0.5, 0.6) is 0 Å². The van der Waals surface area contributed by atoms with E-state index in [1.807, 2.05) is 27.7 Å². The van der Waals surface area contributed by atoms with Crippen LogP contribution in [0.4, 0.5) is 0 Å². The van der Waals surface area contributed by atoms with E-state index in [0.717, 1.165) is 0 Å². The van der Waals surface area contributed by atoms with Crippen molar-refractivity contribution in [3.05, 3.63) is 0 Å². The standard InChI is InChI=1S/C10H21NO2/c1-8(2,7-11)10(12)5-6-13-9(10,3)4/h12H,5-7,11H2,1-4H3. The van der Waals surface area contributed by atoms with Gasteiger partial charge in [-0.15, -0.1) is 0 Å². The molecule has 3 heteroatoms. The minimum absolute atomic E-state index is 0.299. The first-order chi connectivity index (χ1) is 5.77. The van der Waals surface area contributed by atoms with Gasteiger partial charge < -0.3 is 15.6 Å². The highest BCUT2D eigenvalue weighted by molar-refractivity contribution is 5.08. The van der Waals surface area contributed by atoms with Gasteiger partial charge in [0, 0.05) is 18.4 Å². The molecular formula is C10H21NO2. The normalized spacial score (nSPS) is 33.7. The molecule has 1 saturated heterocycles. The predicted molar refractivity (Wildman–Crippen MR) is 52.4 cm³/mol. The van der Waals surface area contributed by atoms with Gasteiger partial charge in [0.25, 0.3) is 0 Å². The van der Waals surface area contributed by atoms with Crippen LogP contribution in [0.1, 0.15) is 34.1 Å². The lowest BCUT2D eigenvalue weighted by Gasteiger charge is -2.46. The third-order valence-electron chi connectivity index (χ3n) is 3.55. The molecule has 3 N–H and O–H groups in total. The molecule has 3 nitrogen and oxygen atoms in total. The lowest BCUT2D eigenvalue weighted by Crippen LogP contribution is -2.59. The van der Waals surface area contributed by atoms with Gasteiger partial charge in [-0.2, -0.15) is 0 Å². The largest absolute Gasteiger partial charge is 0.386 e. The minimum atomic E-state index is -0.811. The molecule has 1 atom stereocenters. The van der Waals surface area contributed by atoms with Crippen molar-refractivity contribution in [2.75, 3.05) is 13.2 Å². The van der Waals surface area contributed by atoms with Crippen molar-refractivity contribution in [2.24, 2.45) is 11.1 Å². The Kier molecular flexibility index (Phi) is 2.48. The molecule has 0 aliphatic carbocycles. The van der Waals surface area contributed by atoms with E-state index in [1.165, 1.54) is 0 Å². The zero-order valence-corrected chi connectivity index (χ0v) is 9.05. The summed E-state index contributed by atoms with van der Waals surface area (Å²) in [6.07, 6.45) is 0.671. The van der Waals surface area contributed by atoms with Crippen LogP contribution < -0.4 is 5.73 Å². The van der Waals surface area contributed by atoms with Gasteiger partial charge in [0.05, 0.1) is 12.2 Å². The molecule has 0 saturated carbocycles. The third-order valence-corrected chi connectivity index (χ3v) is 3.55. The molecule has 1 fully saturated rings. The van der Waals surface area contributed by atoms with Crippen molar-refractivity contribution >= 4 is 0 Å². The van der Waals surface area contributed by atoms with E-state index < -0.39 is 11.2 Å². The molecule has 13 heavy (non-hydrogen) atoms. The molecule has 1 aliphatic heterocycles. The maximum absolute atomic E-state index is 10.5. The molecule has 0 spiro atoms. The molecule has 0 radical (unpaired) electrons. The summed E-state index contributed by atoms with van der Waals surface area (Å²) in [7, 11) is 0. The van der Waals surface area contributed by atoms with Crippen LogP contribution >= 0.6 is 0 Å². The zero-order valence-electron chi connectivity index (χ0n) is 9.05. The number of nitrogens with two attached hydrogens (primary N) is 1. The second-order valence-corrected chi connectivity index (χ2v) is 5.06. The number of rotatable bonds is 2.